The van der Waals surface area contributed by atoms with Gasteiger partial charge in [0, 0.05) is 48.2 Å². The predicted molar refractivity (Wildman–Crippen MR) is 118 cm³/mol. The summed E-state index contributed by atoms with van der Waals surface area (Å²) in [4.78, 5) is 18.4. The predicted octanol–water partition coefficient (Wildman–Crippen LogP) is 4.39. The Hall–Kier alpha value is -2.76. The summed E-state index contributed by atoms with van der Waals surface area (Å²) >= 11 is 0. The first-order valence-electron chi connectivity index (χ1n) is 10.4. The molecule has 0 aliphatic heterocycles. The van der Waals surface area contributed by atoms with E-state index in [1.807, 2.05) is 36.9 Å². The van der Waals surface area contributed by atoms with Crippen LogP contribution in [0.1, 0.15) is 76.9 Å². The molecule has 3 aromatic rings. The molecule has 0 aromatic carbocycles. The van der Waals surface area contributed by atoms with E-state index in [1.165, 1.54) is 0 Å². The minimum absolute atomic E-state index is 0.0448. The van der Waals surface area contributed by atoms with E-state index >= 15 is 0 Å². The SMILES string of the molecule is CC(C)(C)c1ncc(CC(C)(C)c2cnc(CC(C)(C)c3cccnn3)nc2)cn1. The summed E-state index contributed by atoms with van der Waals surface area (Å²) in [7, 11) is 0. The lowest BCUT2D eigenvalue weighted by Crippen LogP contribution is -2.25. The van der Waals surface area contributed by atoms with E-state index in [0.29, 0.717) is 6.42 Å². The van der Waals surface area contributed by atoms with Crippen LogP contribution in [0.25, 0.3) is 0 Å². The molecule has 0 N–H and O–H groups in total. The maximum atomic E-state index is 4.65. The molecule has 3 rings (SSSR count). The summed E-state index contributed by atoms with van der Waals surface area (Å²) < 4.78 is 0. The van der Waals surface area contributed by atoms with E-state index in [1.54, 1.807) is 6.20 Å². The summed E-state index contributed by atoms with van der Waals surface area (Å²) in [6, 6.07) is 3.91. The summed E-state index contributed by atoms with van der Waals surface area (Å²) in [6.07, 6.45) is 11.0. The van der Waals surface area contributed by atoms with Crippen molar-refractivity contribution in [2.45, 2.75) is 77.6 Å². The molecule has 0 atom stereocenters. The maximum Gasteiger partial charge on any atom is 0.133 e. The summed E-state index contributed by atoms with van der Waals surface area (Å²) in [6.45, 7) is 15.0. The first-order valence-corrected chi connectivity index (χ1v) is 10.4. The highest BCUT2D eigenvalue weighted by Gasteiger charge is 2.26. The van der Waals surface area contributed by atoms with Crippen molar-refractivity contribution in [3.8, 4) is 0 Å². The molecule has 158 valence electrons. The fourth-order valence-electron chi connectivity index (χ4n) is 3.39. The second kappa shape index (κ2) is 8.17. The molecule has 0 bridgehead atoms. The average Bonchev–Trinajstić information content (AvgIpc) is 2.68. The lowest BCUT2D eigenvalue weighted by Gasteiger charge is -2.26. The normalized spacial score (nSPS) is 12.8. The number of hydrogen-bond acceptors (Lipinski definition) is 6. The van der Waals surface area contributed by atoms with Gasteiger partial charge in [-0.25, -0.2) is 19.9 Å². The molecule has 30 heavy (non-hydrogen) atoms. The fraction of sp³-hybridized carbons (Fsp3) is 0.500. The molecular weight excluding hydrogens is 372 g/mol. The molecule has 6 heteroatoms. The van der Waals surface area contributed by atoms with Crippen LogP contribution in [0.4, 0.5) is 0 Å². The summed E-state index contributed by atoms with van der Waals surface area (Å²) in [5.41, 5.74) is 2.81. The molecule has 0 aliphatic rings. The largest absolute Gasteiger partial charge is 0.241 e. The zero-order chi connectivity index (χ0) is 22.0. The topological polar surface area (TPSA) is 77.3 Å². The van der Waals surface area contributed by atoms with Crippen LogP contribution in [0.15, 0.2) is 43.1 Å². The van der Waals surface area contributed by atoms with E-state index in [4.69, 9.17) is 0 Å². The Kier molecular flexibility index (Phi) is 5.97. The molecule has 0 unspecified atom stereocenters. The molecule has 0 saturated heterocycles. The van der Waals surface area contributed by atoms with Gasteiger partial charge in [-0.05, 0) is 35.1 Å². The Morgan fingerprint density at radius 3 is 1.90 bits per heavy atom. The van der Waals surface area contributed by atoms with Crippen LogP contribution < -0.4 is 0 Å². The van der Waals surface area contributed by atoms with Crippen molar-refractivity contribution in [1.82, 2.24) is 30.1 Å². The van der Waals surface area contributed by atoms with E-state index in [-0.39, 0.29) is 16.2 Å². The molecule has 0 spiro atoms. The molecule has 0 radical (unpaired) electrons. The molecule has 3 heterocycles. The lowest BCUT2D eigenvalue weighted by molar-refractivity contribution is 0.479. The molecule has 6 nitrogen and oxygen atoms in total. The van der Waals surface area contributed by atoms with Gasteiger partial charge in [0.15, 0.2) is 0 Å². The Balaban J connectivity index is 1.71. The van der Waals surface area contributed by atoms with E-state index in [2.05, 4.69) is 78.6 Å². The average molecular weight is 405 g/mol. The van der Waals surface area contributed by atoms with Crippen molar-refractivity contribution in [2.24, 2.45) is 0 Å². The number of rotatable bonds is 6. The molecular formula is C24H32N6. The lowest BCUT2D eigenvalue weighted by atomic mass is 9.81. The zero-order valence-corrected chi connectivity index (χ0v) is 19.1. The van der Waals surface area contributed by atoms with Gasteiger partial charge in [-0.3, -0.25) is 0 Å². The number of nitrogens with zero attached hydrogens (tertiary/aromatic N) is 6. The summed E-state index contributed by atoms with van der Waals surface area (Å²) in [5, 5.41) is 8.25. The van der Waals surface area contributed by atoms with Gasteiger partial charge in [0.2, 0.25) is 0 Å². The quantitative estimate of drug-likeness (QED) is 0.606. The minimum atomic E-state index is -0.183. The van der Waals surface area contributed by atoms with Crippen molar-refractivity contribution >= 4 is 0 Å². The van der Waals surface area contributed by atoms with Gasteiger partial charge in [-0.15, -0.1) is 0 Å². The molecule has 0 fully saturated rings. The van der Waals surface area contributed by atoms with Gasteiger partial charge in [0.1, 0.15) is 11.6 Å². The standard InChI is InChI=1S/C24H32N6/c1-22(2,3)21-27-13-17(14-28-21)11-23(4,5)18-15-25-20(26-16-18)12-24(6,7)19-9-8-10-29-30-19/h8-10,13-16H,11-12H2,1-7H3. The highest BCUT2D eigenvalue weighted by atomic mass is 15.1. The smallest absolute Gasteiger partial charge is 0.133 e. The van der Waals surface area contributed by atoms with Gasteiger partial charge in [-0.2, -0.15) is 10.2 Å². The third kappa shape index (κ3) is 5.23. The van der Waals surface area contributed by atoms with Crippen molar-refractivity contribution < 1.29 is 0 Å². The van der Waals surface area contributed by atoms with Crippen LogP contribution in [0.5, 0.6) is 0 Å². The van der Waals surface area contributed by atoms with Crippen LogP contribution in [0.3, 0.4) is 0 Å². The van der Waals surface area contributed by atoms with Crippen LogP contribution in [-0.2, 0) is 29.1 Å². The fourth-order valence-corrected chi connectivity index (χ4v) is 3.39. The van der Waals surface area contributed by atoms with Crippen LogP contribution in [0, 0.1) is 0 Å². The molecule has 3 aromatic heterocycles. The third-order valence-electron chi connectivity index (χ3n) is 5.37. The summed E-state index contributed by atoms with van der Waals surface area (Å²) in [5.74, 6) is 1.67. The van der Waals surface area contributed by atoms with Gasteiger partial charge in [0.25, 0.3) is 0 Å². The zero-order valence-electron chi connectivity index (χ0n) is 19.1. The second-order valence-corrected chi connectivity index (χ2v) is 10.3. The highest BCUT2D eigenvalue weighted by molar-refractivity contribution is 5.23. The molecule has 0 aliphatic carbocycles. The Morgan fingerprint density at radius 1 is 0.733 bits per heavy atom. The second-order valence-electron chi connectivity index (χ2n) is 10.3. The van der Waals surface area contributed by atoms with Gasteiger partial charge in [-0.1, -0.05) is 48.5 Å². The van der Waals surface area contributed by atoms with Crippen molar-refractivity contribution in [1.29, 1.82) is 0 Å². The highest BCUT2D eigenvalue weighted by Crippen LogP contribution is 2.28. The first kappa shape index (κ1) is 21.9. The van der Waals surface area contributed by atoms with Crippen molar-refractivity contribution in [3.63, 3.8) is 0 Å². The van der Waals surface area contributed by atoms with Gasteiger partial charge in [0.05, 0.1) is 5.69 Å². The number of hydrogen-bond donors (Lipinski definition) is 0. The van der Waals surface area contributed by atoms with Gasteiger partial charge >= 0.3 is 0 Å². The monoisotopic (exact) mass is 404 g/mol. The molecule has 0 amide bonds. The third-order valence-corrected chi connectivity index (χ3v) is 5.37. The van der Waals surface area contributed by atoms with Gasteiger partial charge < -0.3 is 0 Å². The Morgan fingerprint density at radius 2 is 1.37 bits per heavy atom. The molecule has 0 saturated carbocycles. The van der Waals surface area contributed by atoms with E-state index in [0.717, 1.165) is 34.9 Å². The van der Waals surface area contributed by atoms with E-state index < -0.39 is 0 Å². The number of aromatic nitrogens is 6. The van der Waals surface area contributed by atoms with Crippen molar-refractivity contribution in [2.75, 3.05) is 0 Å². The van der Waals surface area contributed by atoms with Crippen LogP contribution >= 0.6 is 0 Å². The minimum Gasteiger partial charge on any atom is -0.241 e. The maximum absolute atomic E-state index is 4.65. The van der Waals surface area contributed by atoms with Crippen molar-refractivity contribution in [3.05, 3.63) is 71.6 Å². The first-order chi connectivity index (χ1) is 14.0. The van der Waals surface area contributed by atoms with Crippen LogP contribution in [-0.4, -0.2) is 30.1 Å². The van der Waals surface area contributed by atoms with Crippen LogP contribution in [0.2, 0.25) is 0 Å². The Bertz CT molecular complexity index is 955. The van der Waals surface area contributed by atoms with E-state index in [9.17, 15) is 0 Å². The Labute approximate surface area is 179 Å².